The summed E-state index contributed by atoms with van der Waals surface area (Å²) in [5.74, 6) is -4.34. The van der Waals surface area contributed by atoms with Crippen LogP contribution in [0, 0.1) is 0 Å². The Balaban J connectivity index is 1.88. The highest BCUT2D eigenvalue weighted by Gasteiger charge is 2.38. The summed E-state index contributed by atoms with van der Waals surface area (Å²) in [4.78, 5) is 46.7. The van der Waals surface area contributed by atoms with E-state index in [4.69, 9.17) is 9.47 Å². The monoisotopic (exact) mass is 452 g/mol. The molecule has 2 N–H and O–H groups in total. The summed E-state index contributed by atoms with van der Waals surface area (Å²) < 4.78 is 46.8. The average Bonchev–Trinajstić information content (AvgIpc) is 2.75. The molecule has 0 saturated carbocycles. The number of alkyl halides is 3. The Bertz CT molecular complexity index is 990. The zero-order valence-electron chi connectivity index (χ0n) is 16.8. The lowest BCUT2D eigenvalue weighted by atomic mass is 10.2. The SMILES string of the molecule is CCCOC(=O)c1ccc(NC(=O)COC(=O)c2cccc(NC(=O)C(F)(F)F)c2)cc1. The van der Waals surface area contributed by atoms with Gasteiger partial charge in [0.05, 0.1) is 17.7 Å². The van der Waals surface area contributed by atoms with E-state index < -0.39 is 36.5 Å². The predicted octanol–water partition coefficient (Wildman–Crippen LogP) is 3.55. The molecule has 0 heterocycles. The number of rotatable bonds is 8. The molecule has 0 aromatic heterocycles. The molecule has 2 rings (SSSR count). The summed E-state index contributed by atoms with van der Waals surface area (Å²) in [6, 6.07) is 10.5. The van der Waals surface area contributed by atoms with Gasteiger partial charge in [-0.05, 0) is 48.9 Å². The lowest BCUT2D eigenvalue weighted by Gasteiger charge is -2.10. The number of esters is 2. The third kappa shape index (κ3) is 7.42. The fraction of sp³-hybridized carbons (Fsp3) is 0.238. The molecule has 0 fully saturated rings. The number of benzene rings is 2. The highest BCUT2D eigenvalue weighted by atomic mass is 19.4. The van der Waals surface area contributed by atoms with E-state index in [-0.39, 0.29) is 11.3 Å². The van der Waals surface area contributed by atoms with Gasteiger partial charge in [-0.3, -0.25) is 9.59 Å². The van der Waals surface area contributed by atoms with Crippen molar-refractivity contribution >= 4 is 35.1 Å². The van der Waals surface area contributed by atoms with Crippen LogP contribution in [0.15, 0.2) is 48.5 Å². The number of anilines is 2. The zero-order valence-corrected chi connectivity index (χ0v) is 16.8. The number of hydrogen-bond acceptors (Lipinski definition) is 6. The summed E-state index contributed by atoms with van der Waals surface area (Å²) >= 11 is 0. The molecule has 0 aliphatic rings. The summed E-state index contributed by atoms with van der Waals surface area (Å²) in [6.45, 7) is 1.49. The Morgan fingerprint density at radius 1 is 0.844 bits per heavy atom. The van der Waals surface area contributed by atoms with Crippen LogP contribution in [0.25, 0.3) is 0 Å². The molecule has 170 valence electrons. The van der Waals surface area contributed by atoms with Crippen molar-refractivity contribution in [2.24, 2.45) is 0 Å². The molecule has 2 amide bonds. The van der Waals surface area contributed by atoms with Crippen molar-refractivity contribution in [3.8, 4) is 0 Å². The maximum Gasteiger partial charge on any atom is 0.471 e. The van der Waals surface area contributed by atoms with Gasteiger partial charge in [-0.15, -0.1) is 0 Å². The van der Waals surface area contributed by atoms with Crippen molar-refractivity contribution < 1.29 is 41.8 Å². The fourth-order valence-electron chi connectivity index (χ4n) is 2.31. The molecule has 0 aliphatic carbocycles. The van der Waals surface area contributed by atoms with Gasteiger partial charge in [0.1, 0.15) is 0 Å². The number of nitrogens with one attached hydrogen (secondary N) is 2. The van der Waals surface area contributed by atoms with E-state index in [0.29, 0.717) is 24.3 Å². The molecule has 8 nitrogen and oxygen atoms in total. The maximum atomic E-state index is 12.3. The van der Waals surface area contributed by atoms with Gasteiger partial charge >= 0.3 is 24.0 Å². The first-order valence-corrected chi connectivity index (χ1v) is 9.32. The lowest BCUT2D eigenvalue weighted by Crippen LogP contribution is -2.30. The maximum absolute atomic E-state index is 12.3. The van der Waals surface area contributed by atoms with Crippen molar-refractivity contribution in [2.75, 3.05) is 23.8 Å². The Hall–Kier alpha value is -3.89. The van der Waals surface area contributed by atoms with Crippen LogP contribution < -0.4 is 10.6 Å². The quantitative estimate of drug-likeness (QED) is 0.593. The first-order valence-electron chi connectivity index (χ1n) is 9.32. The second-order valence-corrected chi connectivity index (χ2v) is 6.37. The van der Waals surface area contributed by atoms with E-state index in [0.717, 1.165) is 12.1 Å². The molecule has 2 aromatic rings. The minimum atomic E-state index is -5.08. The first-order chi connectivity index (χ1) is 15.1. The molecular formula is C21H19F3N2O6. The Kier molecular flexibility index (Phi) is 8.33. The van der Waals surface area contributed by atoms with Gasteiger partial charge in [0, 0.05) is 11.4 Å². The number of ether oxygens (including phenoxy) is 2. The van der Waals surface area contributed by atoms with E-state index in [1.165, 1.54) is 36.4 Å². The summed E-state index contributed by atoms with van der Waals surface area (Å²) in [5, 5.41) is 4.08. The third-order valence-electron chi connectivity index (χ3n) is 3.79. The molecule has 0 radical (unpaired) electrons. The summed E-state index contributed by atoms with van der Waals surface area (Å²) in [6.07, 6.45) is -4.40. The number of carbonyl (C=O) groups is 4. The van der Waals surface area contributed by atoms with Gasteiger partial charge < -0.3 is 20.1 Å². The molecule has 0 atom stereocenters. The van der Waals surface area contributed by atoms with Crippen LogP contribution in [0.4, 0.5) is 24.5 Å². The van der Waals surface area contributed by atoms with Crippen LogP contribution in [0.5, 0.6) is 0 Å². The Labute approximate surface area is 180 Å². The molecule has 0 aliphatic heterocycles. The van der Waals surface area contributed by atoms with Crippen LogP contribution in [0.3, 0.4) is 0 Å². The Morgan fingerprint density at radius 3 is 2.12 bits per heavy atom. The highest BCUT2D eigenvalue weighted by Crippen LogP contribution is 2.19. The molecule has 0 bridgehead atoms. The first kappa shape index (κ1) is 24.4. The number of hydrogen-bond donors (Lipinski definition) is 2. The zero-order chi connectivity index (χ0) is 23.7. The number of carbonyl (C=O) groups excluding carboxylic acids is 4. The van der Waals surface area contributed by atoms with Gasteiger partial charge in [-0.2, -0.15) is 13.2 Å². The topological polar surface area (TPSA) is 111 Å². The second-order valence-electron chi connectivity index (χ2n) is 6.37. The van der Waals surface area contributed by atoms with Crippen LogP contribution >= 0.6 is 0 Å². The van der Waals surface area contributed by atoms with Crippen LogP contribution in [0.1, 0.15) is 34.1 Å². The smallest absolute Gasteiger partial charge is 0.462 e. The van der Waals surface area contributed by atoms with Crippen LogP contribution in [-0.4, -0.2) is 43.1 Å². The van der Waals surface area contributed by atoms with Crippen molar-refractivity contribution in [2.45, 2.75) is 19.5 Å². The van der Waals surface area contributed by atoms with Crippen molar-refractivity contribution in [3.05, 3.63) is 59.7 Å². The van der Waals surface area contributed by atoms with Gasteiger partial charge in [-0.25, -0.2) is 9.59 Å². The number of amides is 2. The standard InChI is InChI=1S/C21H19F3N2O6/c1-2-10-31-18(28)13-6-8-15(9-7-13)25-17(27)12-32-19(29)14-4-3-5-16(11-14)26-20(30)21(22,23)24/h3-9,11H,2,10,12H2,1H3,(H,25,27)(H,26,30). The normalized spacial score (nSPS) is 10.8. The lowest BCUT2D eigenvalue weighted by molar-refractivity contribution is -0.167. The van der Waals surface area contributed by atoms with E-state index >= 15 is 0 Å². The largest absolute Gasteiger partial charge is 0.471 e. The minimum Gasteiger partial charge on any atom is -0.462 e. The fourth-order valence-corrected chi connectivity index (χ4v) is 2.31. The third-order valence-corrected chi connectivity index (χ3v) is 3.79. The van der Waals surface area contributed by atoms with Crippen molar-refractivity contribution in [3.63, 3.8) is 0 Å². The highest BCUT2D eigenvalue weighted by molar-refractivity contribution is 5.98. The van der Waals surface area contributed by atoms with Gasteiger partial charge in [-0.1, -0.05) is 13.0 Å². The second kappa shape index (κ2) is 10.9. The molecule has 32 heavy (non-hydrogen) atoms. The molecule has 0 unspecified atom stereocenters. The van der Waals surface area contributed by atoms with Crippen LogP contribution in [0.2, 0.25) is 0 Å². The predicted molar refractivity (Wildman–Crippen MR) is 107 cm³/mol. The summed E-state index contributed by atoms with van der Waals surface area (Å²) in [5.41, 5.74) is 0.229. The van der Waals surface area contributed by atoms with Gasteiger partial charge in [0.15, 0.2) is 6.61 Å². The van der Waals surface area contributed by atoms with E-state index in [1.807, 2.05) is 6.92 Å². The van der Waals surface area contributed by atoms with E-state index in [9.17, 15) is 32.3 Å². The van der Waals surface area contributed by atoms with Crippen LogP contribution in [-0.2, 0) is 19.1 Å². The van der Waals surface area contributed by atoms with Gasteiger partial charge in [0.2, 0.25) is 0 Å². The van der Waals surface area contributed by atoms with Crippen molar-refractivity contribution in [1.82, 2.24) is 0 Å². The summed E-state index contributed by atoms with van der Waals surface area (Å²) in [7, 11) is 0. The van der Waals surface area contributed by atoms with E-state index in [1.54, 1.807) is 5.32 Å². The minimum absolute atomic E-state index is 0.160. The van der Waals surface area contributed by atoms with Crippen molar-refractivity contribution in [1.29, 1.82) is 0 Å². The molecule has 0 spiro atoms. The van der Waals surface area contributed by atoms with E-state index in [2.05, 4.69) is 5.32 Å². The molecule has 2 aromatic carbocycles. The molecular weight excluding hydrogens is 433 g/mol. The molecule has 0 saturated heterocycles. The Morgan fingerprint density at radius 2 is 1.50 bits per heavy atom. The number of halogens is 3. The van der Waals surface area contributed by atoms with Gasteiger partial charge in [0.25, 0.3) is 5.91 Å². The average molecular weight is 452 g/mol. The molecule has 11 heteroatoms.